The number of carbonyl (C=O) groups is 2. The number of unbranched alkanes of at least 4 members (excludes halogenated alkanes) is 1. The summed E-state index contributed by atoms with van der Waals surface area (Å²) in [7, 11) is 0. The lowest BCUT2D eigenvalue weighted by atomic mass is 10.1. The Morgan fingerprint density at radius 3 is 2.00 bits per heavy atom. The highest BCUT2D eigenvalue weighted by Crippen LogP contribution is 2.07. The summed E-state index contributed by atoms with van der Waals surface area (Å²) < 4.78 is 0. The molecule has 17 heavy (non-hydrogen) atoms. The smallest absolute Gasteiger partial charge is 0.225 e. The second-order valence-electron chi connectivity index (χ2n) is 5.20. The molecular weight excluding hydrogens is 214 g/mol. The summed E-state index contributed by atoms with van der Waals surface area (Å²) in [6.45, 7) is 11.1. The third-order valence-corrected chi connectivity index (χ3v) is 2.86. The van der Waals surface area contributed by atoms with Crippen LogP contribution in [0.15, 0.2) is 0 Å². The first-order valence-electron chi connectivity index (χ1n) is 6.71. The zero-order valence-electron chi connectivity index (χ0n) is 12.0. The molecule has 0 aliphatic carbocycles. The molecule has 0 fully saturated rings. The molecule has 0 aliphatic rings. The molecule has 0 aromatic carbocycles. The number of Topliss-reactive ketones (excluding diaryl/α,β-unsaturated/α-hetero) is 1. The van der Waals surface area contributed by atoms with Gasteiger partial charge in [-0.3, -0.25) is 9.59 Å². The third-order valence-electron chi connectivity index (χ3n) is 2.86. The van der Waals surface area contributed by atoms with Crippen LogP contribution in [0.5, 0.6) is 0 Å². The van der Waals surface area contributed by atoms with Gasteiger partial charge in [0.05, 0.1) is 0 Å². The van der Waals surface area contributed by atoms with Gasteiger partial charge >= 0.3 is 0 Å². The Labute approximate surface area is 106 Å². The molecule has 0 aliphatic heterocycles. The molecule has 0 saturated carbocycles. The number of hydrogen-bond acceptors (Lipinski definition) is 2. The number of nitrogens with zero attached hydrogens (tertiary/aromatic N) is 1. The quantitative estimate of drug-likeness (QED) is 0.655. The number of rotatable bonds is 8. The molecule has 0 saturated heterocycles. The molecule has 0 atom stereocenters. The summed E-state index contributed by atoms with van der Waals surface area (Å²) >= 11 is 0. The van der Waals surface area contributed by atoms with E-state index in [4.69, 9.17) is 0 Å². The predicted octanol–water partition coefficient (Wildman–Crippen LogP) is 2.89. The Bertz CT molecular complexity index is 247. The number of ketones is 1. The van der Waals surface area contributed by atoms with Crippen LogP contribution in [0.1, 0.15) is 53.9 Å². The highest BCUT2D eigenvalue weighted by molar-refractivity contribution is 5.82. The molecule has 0 rings (SSSR count). The van der Waals surface area contributed by atoms with Gasteiger partial charge in [-0.2, -0.15) is 0 Å². The van der Waals surface area contributed by atoms with E-state index < -0.39 is 0 Å². The fraction of sp³-hybridized carbons (Fsp3) is 0.857. The van der Waals surface area contributed by atoms with E-state index in [2.05, 4.69) is 6.92 Å². The molecule has 0 heterocycles. The third kappa shape index (κ3) is 6.44. The van der Waals surface area contributed by atoms with Crippen molar-refractivity contribution in [3.63, 3.8) is 0 Å². The maximum atomic E-state index is 11.9. The van der Waals surface area contributed by atoms with E-state index in [0.29, 0.717) is 13.0 Å². The minimum absolute atomic E-state index is 0.0148. The summed E-state index contributed by atoms with van der Waals surface area (Å²) in [6, 6.07) is 0. The monoisotopic (exact) mass is 241 g/mol. The Hall–Kier alpha value is -0.860. The summed E-state index contributed by atoms with van der Waals surface area (Å²) in [5, 5.41) is 0. The van der Waals surface area contributed by atoms with Crippen LogP contribution in [-0.4, -0.2) is 29.7 Å². The molecule has 0 aromatic rings. The van der Waals surface area contributed by atoms with Gasteiger partial charge in [0.1, 0.15) is 5.78 Å². The Balaban J connectivity index is 4.29. The fourth-order valence-electron chi connectivity index (χ4n) is 1.58. The normalized spacial score (nSPS) is 11.0. The minimum Gasteiger partial charge on any atom is -0.342 e. The molecule has 0 N–H and O–H groups in total. The van der Waals surface area contributed by atoms with Crippen LogP contribution in [-0.2, 0) is 9.59 Å². The van der Waals surface area contributed by atoms with Gasteiger partial charge in [0.2, 0.25) is 5.91 Å². The van der Waals surface area contributed by atoms with Crippen LogP contribution in [0.25, 0.3) is 0 Å². The van der Waals surface area contributed by atoms with E-state index in [-0.39, 0.29) is 23.5 Å². The number of amides is 1. The van der Waals surface area contributed by atoms with Gasteiger partial charge in [-0.1, -0.05) is 41.0 Å². The summed E-state index contributed by atoms with van der Waals surface area (Å²) in [5.41, 5.74) is 0. The van der Waals surface area contributed by atoms with Gasteiger partial charge in [0.15, 0.2) is 0 Å². The van der Waals surface area contributed by atoms with Gasteiger partial charge in [0.25, 0.3) is 0 Å². The first-order valence-corrected chi connectivity index (χ1v) is 6.71. The standard InChI is InChI=1S/C14H27NO2/c1-6-7-9-15(14(17)12(4)5)10-8-13(16)11(2)3/h11-12H,6-10H2,1-5H3. The van der Waals surface area contributed by atoms with Gasteiger partial charge in [-0.15, -0.1) is 0 Å². The summed E-state index contributed by atoms with van der Waals surface area (Å²) in [4.78, 5) is 25.4. The van der Waals surface area contributed by atoms with Crippen molar-refractivity contribution in [1.29, 1.82) is 0 Å². The molecule has 0 aromatic heterocycles. The lowest BCUT2D eigenvalue weighted by Crippen LogP contribution is -2.37. The maximum absolute atomic E-state index is 11.9. The molecule has 0 radical (unpaired) electrons. The minimum atomic E-state index is 0.0148. The second kappa shape index (κ2) is 8.26. The molecule has 100 valence electrons. The van der Waals surface area contributed by atoms with E-state index in [0.717, 1.165) is 19.4 Å². The van der Waals surface area contributed by atoms with Crippen molar-refractivity contribution in [1.82, 2.24) is 4.90 Å². The van der Waals surface area contributed by atoms with Gasteiger partial charge in [-0.05, 0) is 6.42 Å². The highest BCUT2D eigenvalue weighted by atomic mass is 16.2. The van der Waals surface area contributed by atoms with Crippen LogP contribution in [0.4, 0.5) is 0 Å². The lowest BCUT2D eigenvalue weighted by Gasteiger charge is -2.24. The van der Waals surface area contributed by atoms with Crippen molar-refractivity contribution < 1.29 is 9.59 Å². The zero-order valence-corrected chi connectivity index (χ0v) is 12.0. The van der Waals surface area contributed by atoms with Crippen molar-refractivity contribution in [2.24, 2.45) is 11.8 Å². The van der Waals surface area contributed by atoms with Crippen molar-refractivity contribution >= 4 is 11.7 Å². The first-order chi connectivity index (χ1) is 7.90. The summed E-state index contributed by atoms with van der Waals surface area (Å²) in [6.07, 6.45) is 2.56. The van der Waals surface area contributed by atoms with E-state index in [9.17, 15) is 9.59 Å². The zero-order chi connectivity index (χ0) is 13.4. The molecule has 3 nitrogen and oxygen atoms in total. The molecule has 0 unspecified atom stereocenters. The molecular formula is C14H27NO2. The molecule has 1 amide bonds. The van der Waals surface area contributed by atoms with Crippen LogP contribution in [0.2, 0.25) is 0 Å². The first kappa shape index (κ1) is 16.1. The van der Waals surface area contributed by atoms with Crippen LogP contribution in [0, 0.1) is 11.8 Å². The fourth-order valence-corrected chi connectivity index (χ4v) is 1.58. The van der Waals surface area contributed by atoms with E-state index in [1.807, 2.05) is 32.6 Å². The number of hydrogen-bond donors (Lipinski definition) is 0. The van der Waals surface area contributed by atoms with Gasteiger partial charge in [0, 0.05) is 31.3 Å². The van der Waals surface area contributed by atoms with Crippen LogP contribution >= 0.6 is 0 Å². The topological polar surface area (TPSA) is 37.4 Å². The van der Waals surface area contributed by atoms with Crippen molar-refractivity contribution in [3.05, 3.63) is 0 Å². The Morgan fingerprint density at radius 1 is 1.00 bits per heavy atom. The average Bonchev–Trinajstić information content (AvgIpc) is 2.27. The average molecular weight is 241 g/mol. The summed E-state index contributed by atoms with van der Waals surface area (Å²) in [5.74, 6) is 0.483. The molecule has 0 bridgehead atoms. The highest BCUT2D eigenvalue weighted by Gasteiger charge is 2.18. The van der Waals surface area contributed by atoms with Crippen molar-refractivity contribution in [2.45, 2.75) is 53.9 Å². The van der Waals surface area contributed by atoms with Crippen molar-refractivity contribution in [3.8, 4) is 0 Å². The number of carbonyl (C=O) groups excluding carboxylic acids is 2. The Kier molecular flexibility index (Phi) is 7.85. The van der Waals surface area contributed by atoms with E-state index in [1.54, 1.807) is 0 Å². The van der Waals surface area contributed by atoms with E-state index >= 15 is 0 Å². The maximum Gasteiger partial charge on any atom is 0.225 e. The van der Waals surface area contributed by atoms with Gasteiger partial charge < -0.3 is 4.90 Å². The molecule has 0 spiro atoms. The van der Waals surface area contributed by atoms with Crippen LogP contribution in [0.3, 0.4) is 0 Å². The second-order valence-corrected chi connectivity index (χ2v) is 5.20. The van der Waals surface area contributed by atoms with Gasteiger partial charge in [-0.25, -0.2) is 0 Å². The largest absolute Gasteiger partial charge is 0.342 e. The lowest BCUT2D eigenvalue weighted by molar-refractivity contribution is -0.135. The molecule has 3 heteroatoms. The van der Waals surface area contributed by atoms with E-state index in [1.165, 1.54) is 0 Å². The predicted molar refractivity (Wildman–Crippen MR) is 70.8 cm³/mol. The van der Waals surface area contributed by atoms with Crippen LogP contribution < -0.4 is 0 Å². The van der Waals surface area contributed by atoms with Crippen molar-refractivity contribution in [2.75, 3.05) is 13.1 Å². The SMILES string of the molecule is CCCCN(CCC(=O)C(C)C)C(=O)C(C)C. The Morgan fingerprint density at radius 2 is 1.59 bits per heavy atom.